The zero-order valence-electron chi connectivity index (χ0n) is 13.0. The number of carbonyl (C=O) groups is 1. The molecular formula is C16H24BNO2. The van der Waals surface area contributed by atoms with Gasteiger partial charge in [0.25, 0.3) is 0 Å². The molecule has 0 atom stereocenters. The van der Waals surface area contributed by atoms with Gasteiger partial charge >= 0.3 is 6.09 Å². The van der Waals surface area contributed by atoms with Gasteiger partial charge in [-0.15, -0.1) is 0 Å². The Labute approximate surface area is 122 Å². The zero-order chi connectivity index (χ0) is 14.8. The standard InChI is InChI=1S/C16H24BNO2/c1-16(2,3)20-15(19)18-10-8-12(9-11-18)13-6-4-5-7-14(13)17/h4-7,12H,8-11,17H2,1-3H3. The van der Waals surface area contributed by atoms with Crippen molar-refractivity contribution in [3.8, 4) is 0 Å². The maximum absolute atomic E-state index is 12.0. The molecule has 108 valence electrons. The van der Waals surface area contributed by atoms with E-state index in [1.54, 1.807) is 0 Å². The summed E-state index contributed by atoms with van der Waals surface area (Å²) in [5, 5.41) is 0. The second kappa shape index (κ2) is 5.90. The van der Waals surface area contributed by atoms with E-state index in [0.717, 1.165) is 25.9 Å². The number of rotatable bonds is 1. The highest BCUT2D eigenvalue weighted by Crippen LogP contribution is 2.27. The number of hydrogen-bond donors (Lipinski definition) is 0. The number of benzene rings is 1. The van der Waals surface area contributed by atoms with Gasteiger partial charge in [0.1, 0.15) is 13.4 Å². The first-order valence-corrected chi connectivity index (χ1v) is 7.40. The van der Waals surface area contributed by atoms with Crippen LogP contribution in [0, 0.1) is 0 Å². The predicted octanol–water partition coefficient (Wildman–Crippen LogP) is 2.06. The molecule has 2 rings (SSSR count). The monoisotopic (exact) mass is 273 g/mol. The molecule has 0 N–H and O–H groups in total. The van der Waals surface area contributed by atoms with Crippen LogP contribution in [0.5, 0.6) is 0 Å². The fraction of sp³-hybridized carbons (Fsp3) is 0.562. The minimum absolute atomic E-state index is 0.180. The SMILES string of the molecule is Bc1ccccc1C1CCN(C(=O)OC(C)(C)C)CC1. The van der Waals surface area contributed by atoms with Crippen molar-refractivity contribution in [2.75, 3.05) is 13.1 Å². The van der Waals surface area contributed by atoms with Gasteiger partial charge in [0.05, 0.1) is 0 Å². The lowest BCUT2D eigenvalue weighted by Gasteiger charge is -2.34. The highest BCUT2D eigenvalue weighted by molar-refractivity contribution is 6.33. The van der Waals surface area contributed by atoms with Gasteiger partial charge in [-0.3, -0.25) is 0 Å². The van der Waals surface area contributed by atoms with E-state index in [9.17, 15) is 4.79 Å². The second-order valence-electron chi connectivity index (χ2n) is 6.60. The first-order chi connectivity index (χ1) is 9.37. The number of ether oxygens (including phenoxy) is 1. The summed E-state index contributed by atoms with van der Waals surface area (Å²) in [4.78, 5) is 13.9. The van der Waals surface area contributed by atoms with Gasteiger partial charge in [0.2, 0.25) is 0 Å². The summed E-state index contributed by atoms with van der Waals surface area (Å²) in [5.41, 5.74) is 2.36. The molecule has 1 aliphatic heterocycles. The van der Waals surface area contributed by atoms with Crippen molar-refractivity contribution < 1.29 is 9.53 Å². The van der Waals surface area contributed by atoms with Gasteiger partial charge in [-0.25, -0.2) is 4.79 Å². The number of likely N-dealkylation sites (tertiary alicyclic amines) is 1. The van der Waals surface area contributed by atoms with E-state index in [-0.39, 0.29) is 6.09 Å². The van der Waals surface area contributed by atoms with Crippen LogP contribution in [-0.4, -0.2) is 37.5 Å². The first-order valence-electron chi connectivity index (χ1n) is 7.40. The Hall–Kier alpha value is -1.45. The Morgan fingerprint density at radius 2 is 1.85 bits per heavy atom. The Morgan fingerprint density at radius 3 is 2.40 bits per heavy atom. The third kappa shape index (κ3) is 3.78. The van der Waals surface area contributed by atoms with Crippen LogP contribution in [0.1, 0.15) is 45.1 Å². The average Bonchev–Trinajstić information content (AvgIpc) is 2.37. The molecule has 1 heterocycles. The van der Waals surface area contributed by atoms with Gasteiger partial charge in [-0.1, -0.05) is 35.3 Å². The molecular weight excluding hydrogens is 249 g/mol. The third-order valence-electron chi connectivity index (χ3n) is 3.77. The van der Waals surface area contributed by atoms with Crippen molar-refractivity contribution >= 4 is 19.4 Å². The van der Waals surface area contributed by atoms with Gasteiger partial charge in [-0.05, 0) is 39.5 Å². The summed E-state index contributed by atoms with van der Waals surface area (Å²) in [6, 6.07) is 8.55. The maximum Gasteiger partial charge on any atom is 0.410 e. The summed E-state index contributed by atoms with van der Waals surface area (Å²) < 4.78 is 5.43. The van der Waals surface area contributed by atoms with Crippen LogP contribution >= 0.6 is 0 Å². The fourth-order valence-corrected chi connectivity index (χ4v) is 2.74. The van der Waals surface area contributed by atoms with Crippen molar-refractivity contribution in [2.45, 2.75) is 45.1 Å². The Balaban J connectivity index is 1.93. The zero-order valence-corrected chi connectivity index (χ0v) is 13.0. The van der Waals surface area contributed by atoms with Crippen LogP contribution in [0.2, 0.25) is 0 Å². The molecule has 0 aromatic heterocycles. The van der Waals surface area contributed by atoms with Crippen molar-refractivity contribution in [3.05, 3.63) is 29.8 Å². The molecule has 1 fully saturated rings. The molecule has 0 radical (unpaired) electrons. The Morgan fingerprint density at radius 1 is 1.25 bits per heavy atom. The predicted molar refractivity (Wildman–Crippen MR) is 84.4 cm³/mol. The molecule has 4 heteroatoms. The molecule has 1 saturated heterocycles. The van der Waals surface area contributed by atoms with E-state index >= 15 is 0 Å². The molecule has 1 amide bonds. The van der Waals surface area contributed by atoms with Gasteiger partial charge in [0.15, 0.2) is 0 Å². The van der Waals surface area contributed by atoms with Crippen molar-refractivity contribution in [2.24, 2.45) is 0 Å². The lowest BCUT2D eigenvalue weighted by molar-refractivity contribution is 0.0205. The van der Waals surface area contributed by atoms with Crippen LogP contribution in [0.3, 0.4) is 0 Å². The van der Waals surface area contributed by atoms with Crippen LogP contribution in [0.4, 0.5) is 4.79 Å². The number of nitrogens with zero attached hydrogens (tertiary/aromatic N) is 1. The number of hydrogen-bond acceptors (Lipinski definition) is 2. The Kier molecular flexibility index (Phi) is 4.41. The molecule has 20 heavy (non-hydrogen) atoms. The summed E-state index contributed by atoms with van der Waals surface area (Å²) in [6.45, 7) is 7.29. The molecule has 1 aromatic rings. The quantitative estimate of drug-likeness (QED) is 0.733. The first kappa shape index (κ1) is 15.0. The van der Waals surface area contributed by atoms with Crippen LogP contribution < -0.4 is 5.46 Å². The van der Waals surface area contributed by atoms with Gasteiger partial charge in [-0.2, -0.15) is 0 Å². The Bertz CT molecular complexity index is 474. The molecule has 0 bridgehead atoms. The molecule has 1 aliphatic rings. The number of carbonyl (C=O) groups excluding carboxylic acids is 1. The second-order valence-corrected chi connectivity index (χ2v) is 6.60. The molecule has 0 unspecified atom stereocenters. The average molecular weight is 273 g/mol. The topological polar surface area (TPSA) is 29.5 Å². The van der Waals surface area contributed by atoms with Crippen molar-refractivity contribution in [1.29, 1.82) is 0 Å². The summed E-state index contributed by atoms with van der Waals surface area (Å²) >= 11 is 0. The summed E-state index contributed by atoms with van der Waals surface area (Å²) in [6.07, 6.45) is 1.86. The van der Waals surface area contributed by atoms with E-state index in [4.69, 9.17) is 4.74 Å². The van der Waals surface area contributed by atoms with E-state index < -0.39 is 5.60 Å². The summed E-state index contributed by atoms with van der Waals surface area (Å²) in [7, 11) is 2.16. The van der Waals surface area contributed by atoms with Crippen molar-refractivity contribution in [1.82, 2.24) is 4.90 Å². The molecule has 0 aliphatic carbocycles. The van der Waals surface area contributed by atoms with Crippen LogP contribution in [-0.2, 0) is 4.74 Å². The van der Waals surface area contributed by atoms with E-state index in [1.807, 2.05) is 25.7 Å². The van der Waals surface area contributed by atoms with E-state index in [1.165, 1.54) is 11.0 Å². The van der Waals surface area contributed by atoms with Gasteiger partial charge in [0, 0.05) is 13.1 Å². The molecule has 0 spiro atoms. The molecule has 3 nitrogen and oxygen atoms in total. The normalized spacial score (nSPS) is 17.1. The minimum atomic E-state index is -0.413. The maximum atomic E-state index is 12.0. The smallest absolute Gasteiger partial charge is 0.410 e. The van der Waals surface area contributed by atoms with Crippen molar-refractivity contribution in [3.63, 3.8) is 0 Å². The van der Waals surface area contributed by atoms with Gasteiger partial charge < -0.3 is 9.64 Å². The largest absolute Gasteiger partial charge is 0.444 e. The molecule has 1 aromatic carbocycles. The highest BCUT2D eigenvalue weighted by Gasteiger charge is 2.27. The number of piperidine rings is 1. The van der Waals surface area contributed by atoms with Crippen LogP contribution in [0.15, 0.2) is 24.3 Å². The van der Waals surface area contributed by atoms with E-state index in [0.29, 0.717) is 5.92 Å². The number of amides is 1. The molecule has 0 saturated carbocycles. The lowest BCUT2D eigenvalue weighted by Crippen LogP contribution is -2.41. The summed E-state index contributed by atoms with van der Waals surface area (Å²) in [5.74, 6) is 0.565. The third-order valence-corrected chi connectivity index (χ3v) is 3.77. The van der Waals surface area contributed by atoms with Crippen LogP contribution in [0.25, 0.3) is 0 Å². The highest BCUT2D eigenvalue weighted by atomic mass is 16.6. The van der Waals surface area contributed by atoms with E-state index in [2.05, 4.69) is 32.1 Å². The fourth-order valence-electron chi connectivity index (χ4n) is 2.74. The minimum Gasteiger partial charge on any atom is -0.444 e. The lowest BCUT2D eigenvalue weighted by atomic mass is 9.80.